The van der Waals surface area contributed by atoms with E-state index < -0.39 is 5.54 Å². The molecule has 0 bridgehead atoms. The van der Waals surface area contributed by atoms with Crippen molar-refractivity contribution in [2.75, 3.05) is 40.6 Å². The summed E-state index contributed by atoms with van der Waals surface area (Å²) < 4.78 is 15.5. The van der Waals surface area contributed by atoms with Crippen molar-refractivity contribution < 1.29 is 19.0 Å². The summed E-state index contributed by atoms with van der Waals surface area (Å²) in [5, 5.41) is 3.27. The SMILES string of the molecule is CCNC(CCOCCOC)(C(=O)OC)c1ccccc1. The lowest BCUT2D eigenvalue weighted by Gasteiger charge is -2.32. The molecule has 0 aliphatic heterocycles. The Kier molecular flexibility index (Phi) is 7.97. The highest BCUT2D eigenvalue weighted by molar-refractivity contribution is 5.82. The van der Waals surface area contributed by atoms with Gasteiger partial charge < -0.3 is 14.2 Å². The Hall–Kier alpha value is -1.43. The molecule has 0 aromatic heterocycles. The van der Waals surface area contributed by atoms with Crippen LogP contribution in [-0.2, 0) is 24.5 Å². The van der Waals surface area contributed by atoms with Gasteiger partial charge in [-0.2, -0.15) is 0 Å². The monoisotopic (exact) mass is 295 g/mol. The number of carbonyl (C=O) groups is 1. The number of hydrogen-bond acceptors (Lipinski definition) is 5. The number of esters is 1. The fourth-order valence-corrected chi connectivity index (χ4v) is 2.30. The molecule has 21 heavy (non-hydrogen) atoms. The topological polar surface area (TPSA) is 56.8 Å². The summed E-state index contributed by atoms with van der Waals surface area (Å²) in [6, 6.07) is 9.60. The van der Waals surface area contributed by atoms with Gasteiger partial charge in [-0.05, 0) is 12.1 Å². The van der Waals surface area contributed by atoms with E-state index in [1.54, 1.807) is 7.11 Å². The molecule has 5 heteroatoms. The molecule has 0 fully saturated rings. The minimum Gasteiger partial charge on any atom is -0.467 e. The Morgan fingerprint density at radius 2 is 1.86 bits per heavy atom. The first kappa shape index (κ1) is 17.6. The molecule has 0 spiro atoms. The lowest BCUT2D eigenvalue weighted by Crippen LogP contribution is -2.50. The van der Waals surface area contributed by atoms with Crippen molar-refractivity contribution >= 4 is 5.97 Å². The first-order valence-corrected chi connectivity index (χ1v) is 7.17. The largest absolute Gasteiger partial charge is 0.467 e. The van der Waals surface area contributed by atoms with Crippen LogP contribution in [0.2, 0.25) is 0 Å². The molecule has 1 rings (SSSR count). The average Bonchev–Trinajstić information content (AvgIpc) is 2.53. The maximum Gasteiger partial charge on any atom is 0.330 e. The van der Waals surface area contributed by atoms with Crippen LogP contribution in [0.3, 0.4) is 0 Å². The third-order valence-corrected chi connectivity index (χ3v) is 3.33. The Morgan fingerprint density at radius 1 is 1.14 bits per heavy atom. The Labute approximate surface area is 126 Å². The molecule has 0 aliphatic carbocycles. The molecular weight excluding hydrogens is 270 g/mol. The van der Waals surface area contributed by atoms with E-state index in [1.165, 1.54) is 7.11 Å². The van der Waals surface area contributed by atoms with E-state index in [4.69, 9.17) is 14.2 Å². The van der Waals surface area contributed by atoms with E-state index in [0.717, 1.165) is 5.56 Å². The van der Waals surface area contributed by atoms with Crippen LogP contribution in [0.25, 0.3) is 0 Å². The van der Waals surface area contributed by atoms with Crippen LogP contribution in [0.15, 0.2) is 30.3 Å². The van der Waals surface area contributed by atoms with Crippen molar-refractivity contribution in [3.05, 3.63) is 35.9 Å². The van der Waals surface area contributed by atoms with Gasteiger partial charge in [-0.25, -0.2) is 4.79 Å². The zero-order valence-electron chi connectivity index (χ0n) is 13.1. The standard InChI is InChI=1S/C16H25NO4/c1-4-17-16(15(18)20-3,10-11-21-13-12-19-2)14-8-6-5-7-9-14/h5-9,17H,4,10-13H2,1-3H3. The molecule has 0 heterocycles. The maximum atomic E-state index is 12.4. The van der Waals surface area contributed by atoms with Gasteiger partial charge in [0, 0.05) is 20.1 Å². The number of rotatable bonds is 10. The molecule has 0 aliphatic rings. The highest BCUT2D eigenvalue weighted by Crippen LogP contribution is 2.27. The second kappa shape index (κ2) is 9.50. The van der Waals surface area contributed by atoms with E-state index >= 15 is 0 Å². The molecule has 5 nitrogen and oxygen atoms in total. The van der Waals surface area contributed by atoms with Crippen LogP contribution >= 0.6 is 0 Å². The lowest BCUT2D eigenvalue weighted by molar-refractivity contribution is -0.150. The Morgan fingerprint density at radius 3 is 2.43 bits per heavy atom. The predicted octanol–water partition coefficient (Wildman–Crippen LogP) is 1.72. The number of methoxy groups -OCH3 is 2. The summed E-state index contributed by atoms with van der Waals surface area (Å²) in [6.45, 7) is 4.11. The third kappa shape index (κ3) is 4.81. The number of ether oxygens (including phenoxy) is 3. The molecular formula is C16H25NO4. The Bertz CT molecular complexity index is 410. The van der Waals surface area contributed by atoms with Crippen molar-refractivity contribution in [3.63, 3.8) is 0 Å². The first-order valence-electron chi connectivity index (χ1n) is 7.17. The number of carbonyl (C=O) groups excluding carboxylic acids is 1. The van der Waals surface area contributed by atoms with Crippen molar-refractivity contribution in [2.24, 2.45) is 0 Å². The van der Waals surface area contributed by atoms with Crippen molar-refractivity contribution in [1.82, 2.24) is 5.32 Å². The second-order valence-corrected chi connectivity index (χ2v) is 4.65. The van der Waals surface area contributed by atoms with Crippen molar-refractivity contribution in [2.45, 2.75) is 18.9 Å². The van der Waals surface area contributed by atoms with Gasteiger partial charge in [0.2, 0.25) is 0 Å². The van der Waals surface area contributed by atoms with E-state index in [1.807, 2.05) is 37.3 Å². The number of benzene rings is 1. The summed E-state index contributed by atoms with van der Waals surface area (Å²) in [5.74, 6) is -0.300. The summed E-state index contributed by atoms with van der Waals surface area (Å²) >= 11 is 0. The van der Waals surface area contributed by atoms with Gasteiger partial charge in [-0.1, -0.05) is 37.3 Å². The van der Waals surface area contributed by atoms with Gasteiger partial charge in [-0.3, -0.25) is 5.32 Å². The Balaban J connectivity index is 2.89. The quantitative estimate of drug-likeness (QED) is 0.526. The van der Waals surface area contributed by atoms with Crippen LogP contribution in [0.5, 0.6) is 0 Å². The minimum atomic E-state index is -0.877. The molecule has 1 N–H and O–H groups in total. The fraction of sp³-hybridized carbons (Fsp3) is 0.562. The first-order chi connectivity index (χ1) is 10.2. The lowest BCUT2D eigenvalue weighted by atomic mass is 9.86. The summed E-state index contributed by atoms with van der Waals surface area (Å²) in [5.41, 5.74) is 0.00622. The normalized spacial score (nSPS) is 13.7. The molecule has 118 valence electrons. The van der Waals surface area contributed by atoms with E-state index in [9.17, 15) is 4.79 Å². The predicted molar refractivity (Wildman–Crippen MR) is 81.1 cm³/mol. The van der Waals surface area contributed by atoms with Gasteiger partial charge in [0.25, 0.3) is 0 Å². The summed E-state index contributed by atoms with van der Waals surface area (Å²) in [4.78, 5) is 12.4. The van der Waals surface area contributed by atoms with Crippen LogP contribution in [0.4, 0.5) is 0 Å². The zero-order chi connectivity index (χ0) is 15.6. The van der Waals surface area contributed by atoms with Crippen LogP contribution in [0, 0.1) is 0 Å². The smallest absolute Gasteiger partial charge is 0.330 e. The molecule has 1 aromatic carbocycles. The number of likely N-dealkylation sites (N-methyl/N-ethyl adjacent to an activating group) is 1. The van der Waals surface area contributed by atoms with E-state index in [2.05, 4.69) is 5.32 Å². The van der Waals surface area contributed by atoms with Gasteiger partial charge in [0.15, 0.2) is 0 Å². The second-order valence-electron chi connectivity index (χ2n) is 4.65. The maximum absolute atomic E-state index is 12.4. The average molecular weight is 295 g/mol. The van der Waals surface area contributed by atoms with Crippen molar-refractivity contribution in [3.8, 4) is 0 Å². The highest BCUT2D eigenvalue weighted by Gasteiger charge is 2.40. The molecule has 1 atom stereocenters. The van der Waals surface area contributed by atoms with Gasteiger partial charge >= 0.3 is 5.97 Å². The summed E-state index contributed by atoms with van der Waals surface area (Å²) in [6.07, 6.45) is 0.501. The molecule has 0 radical (unpaired) electrons. The minimum absolute atomic E-state index is 0.300. The molecule has 0 amide bonds. The van der Waals surface area contributed by atoms with E-state index in [0.29, 0.717) is 32.8 Å². The van der Waals surface area contributed by atoms with Crippen LogP contribution in [-0.4, -0.2) is 46.6 Å². The molecule has 0 saturated heterocycles. The van der Waals surface area contributed by atoms with E-state index in [-0.39, 0.29) is 5.97 Å². The highest BCUT2D eigenvalue weighted by atomic mass is 16.5. The molecule has 0 saturated carbocycles. The van der Waals surface area contributed by atoms with Gasteiger partial charge in [0.1, 0.15) is 5.54 Å². The van der Waals surface area contributed by atoms with Gasteiger partial charge in [-0.15, -0.1) is 0 Å². The number of hydrogen-bond donors (Lipinski definition) is 1. The van der Waals surface area contributed by atoms with Crippen LogP contribution < -0.4 is 5.32 Å². The van der Waals surface area contributed by atoms with Crippen molar-refractivity contribution in [1.29, 1.82) is 0 Å². The summed E-state index contributed by atoms with van der Waals surface area (Å²) in [7, 11) is 3.04. The van der Waals surface area contributed by atoms with Gasteiger partial charge in [0.05, 0.1) is 20.3 Å². The third-order valence-electron chi connectivity index (χ3n) is 3.33. The zero-order valence-corrected chi connectivity index (χ0v) is 13.1. The van der Waals surface area contributed by atoms with Crippen LogP contribution in [0.1, 0.15) is 18.9 Å². The molecule has 1 aromatic rings. The number of nitrogens with one attached hydrogen (secondary N) is 1. The fourth-order valence-electron chi connectivity index (χ4n) is 2.30. The molecule has 1 unspecified atom stereocenters.